The van der Waals surface area contributed by atoms with E-state index in [0.717, 1.165) is 37.7 Å². The number of unbranched alkanes of at least 4 members (excludes halogenated alkanes) is 3. The molecule has 0 fully saturated rings. The number of oxazole rings is 1. The second kappa shape index (κ2) is 9.65. The molecule has 0 saturated carbocycles. The zero-order chi connectivity index (χ0) is 19.8. The number of primary amides is 1. The third-order valence-corrected chi connectivity index (χ3v) is 4.66. The first-order chi connectivity index (χ1) is 13.6. The minimum atomic E-state index is -0.483. The summed E-state index contributed by atoms with van der Waals surface area (Å²) < 4.78 is 5.59. The first kappa shape index (κ1) is 19.5. The van der Waals surface area contributed by atoms with E-state index in [1.807, 2.05) is 6.07 Å². The van der Waals surface area contributed by atoms with Crippen LogP contribution in [-0.2, 0) is 6.42 Å². The van der Waals surface area contributed by atoms with E-state index in [9.17, 15) is 9.59 Å². The minimum absolute atomic E-state index is 0.0805. The van der Waals surface area contributed by atoms with Crippen LogP contribution in [0.4, 0.5) is 0 Å². The molecule has 5 nitrogen and oxygen atoms in total. The summed E-state index contributed by atoms with van der Waals surface area (Å²) in [7, 11) is 0. The highest BCUT2D eigenvalue weighted by molar-refractivity contribution is 5.93. The summed E-state index contributed by atoms with van der Waals surface area (Å²) in [5, 5.41) is 0. The molecule has 0 radical (unpaired) electrons. The molecule has 3 rings (SSSR count). The topological polar surface area (TPSA) is 86.2 Å². The maximum atomic E-state index is 12.3. The molecular weight excluding hydrogens is 352 g/mol. The number of hydrogen-bond donors (Lipinski definition) is 1. The Morgan fingerprint density at radius 3 is 2.32 bits per heavy atom. The molecular formula is C23H24N2O3. The quantitative estimate of drug-likeness (QED) is 0.406. The number of hydrogen-bond acceptors (Lipinski definition) is 4. The van der Waals surface area contributed by atoms with Crippen molar-refractivity contribution in [3.63, 3.8) is 0 Å². The molecule has 0 unspecified atom stereocenters. The van der Waals surface area contributed by atoms with Crippen LogP contribution in [-0.4, -0.2) is 16.7 Å². The fourth-order valence-corrected chi connectivity index (χ4v) is 3.06. The van der Waals surface area contributed by atoms with Crippen LogP contribution in [0.5, 0.6) is 0 Å². The molecule has 2 N–H and O–H groups in total. The smallest absolute Gasteiger partial charge is 0.263 e. The van der Waals surface area contributed by atoms with Gasteiger partial charge in [-0.1, -0.05) is 55.3 Å². The van der Waals surface area contributed by atoms with Gasteiger partial charge in [-0.15, -0.1) is 0 Å². The lowest BCUT2D eigenvalue weighted by atomic mass is 10.0. The Kier molecular flexibility index (Phi) is 6.73. The largest absolute Gasteiger partial charge is 0.434 e. The van der Waals surface area contributed by atoms with Crippen LogP contribution in [0, 0.1) is 0 Å². The highest BCUT2D eigenvalue weighted by Crippen LogP contribution is 2.22. The highest BCUT2D eigenvalue weighted by atomic mass is 16.4. The van der Waals surface area contributed by atoms with Crippen molar-refractivity contribution in [2.45, 2.75) is 38.5 Å². The normalized spacial score (nSPS) is 10.7. The van der Waals surface area contributed by atoms with Crippen LogP contribution in [0.25, 0.3) is 11.3 Å². The first-order valence-corrected chi connectivity index (χ1v) is 9.56. The number of rotatable bonds is 10. The third kappa shape index (κ3) is 5.39. The summed E-state index contributed by atoms with van der Waals surface area (Å²) in [5.74, 6) is 0.0762. The standard InChI is InChI=1S/C23H24N2O3/c24-22(27)19-14-12-18(13-15-19)21-16-25-23(28-21)20(26)11-7-2-1-4-8-17-9-5-3-6-10-17/h3,5-6,9-10,12-16H,1-2,4,7-8,11H2,(H2,24,27). The van der Waals surface area contributed by atoms with Gasteiger partial charge in [0, 0.05) is 17.5 Å². The highest BCUT2D eigenvalue weighted by Gasteiger charge is 2.14. The molecule has 5 heteroatoms. The average molecular weight is 376 g/mol. The molecule has 0 aliphatic heterocycles. The molecule has 3 aromatic rings. The summed E-state index contributed by atoms with van der Waals surface area (Å²) in [5.41, 5.74) is 7.76. The summed E-state index contributed by atoms with van der Waals surface area (Å²) in [6, 6.07) is 17.1. The van der Waals surface area contributed by atoms with E-state index in [1.165, 1.54) is 11.8 Å². The van der Waals surface area contributed by atoms with Gasteiger partial charge in [-0.05, 0) is 37.0 Å². The Morgan fingerprint density at radius 2 is 1.61 bits per heavy atom. The molecule has 1 heterocycles. The molecule has 0 aliphatic rings. The first-order valence-electron chi connectivity index (χ1n) is 9.56. The van der Waals surface area contributed by atoms with Gasteiger partial charge in [0.05, 0.1) is 6.20 Å². The van der Waals surface area contributed by atoms with E-state index in [1.54, 1.807) is 24.3 Å². The van der Waals surface area contributed by atoms with Gasteiger partial charge in [0.2, 0.25) is 11.7 Å². The van der Waals surface area contributed by atoms with Crippen LogP contribution in [0.3, 0.4) is 0 Å². The fraction of sp³-hybridized carbons (Fsp3) is 0.261. The predicted molar refractivity (Wildman–Crippen MR) is 108 cm³/mol. The van der Waals surface area contributed by atoms with Gasteiger partial charge in [0.25, 0.3) is 5.89 Å². The van der Waals surface area contributed by atoms with Gasteiger partial charge >= 0.3 is 0 Å². The van der Waals surface area contributed by atoms with Crippen LogP contribution in [0.15, 0.2) is 65.2 Å². The maximum absolute atomic E-state index is 12.3. The van der Waals surface area contributed by atoms with Crippen molar-refractivity contribution >= 4 is 11.7 Å². The van der Waals surface area contributed by atoms with E-state index in [0.29, 0.717) is 17.7 Å². The van der Waals surface area contributed by atoms with E-state index in [-0.39, 0.29) is 11.7 Å². The Bertz CT molecular complexity index is 915. The minimum Gasteiger partial charge on any atom is -0.434 e. The summed E-state index contributed by atoms with van der Waals surface area (Å²) in [4.78, 5) is 27.5. The lowest BCUT2D eigenvalue weighted by Gasteiger charge is -2.01. The number of aromatic nitrogens is 1. The van der Waals surface area contributed by atoms with E-state index in [2.05, 4.69) is 29.2 Å². The Labute approximate surface area is 164 Å². The Hall–Kier alpha value is -3.21. The van der Waals surface area contributed by atoms with E-state index < -0.39 is 5.91 Å². The molecule has 0 spiro atoms. The molecule has 0 atom stereocenters. The SMILES string of the molecule is NC(=O)c1ccc(-c2cnc(C(=O)CCCCCCc3ccccc3)o2)cc1. The van der Waals surface area contributed by atoms with Crippen LogP contribution < -0.4 is 5.73 Å². The fourth-order valence-electron chi connectivity index (χ4n) is 3.06. The summed E-state index contributed by atoms with van der Waals surface area (Å²) in [6.45, 7) is 0. The number of nitrogens with two attached hydrogens (primary N) is 1. The second-order valence-electron chi connectivity index (χ2n) is 6.79. The van der Waals surface area contributed by atoms with Crippen molar-refractivity contribution in [2.24, 2.45) is 5.73 Å². The number of amides is 1. The number of Topliss-reactive ketones (excluding diaryl/α,β-unsaturated/α-hetero) is 1. The predicted octanol–water partition coefficient (Wildman–Crippen LogP) is 4.82. The number of ketones is 1. The Morgan fingerprint density at radius 1 is 0.893 bits per heavy atom. The van der Waals surface area contributed by atoms with Gasteiger partial charge in [-0.3, -0.25) is 9.59 Å². The van der Waals surface area contributed by atoms with Gasteiger partial charge in [0.1, 0.15) is 0 Å². The third-order valence-electron chi connectivity index (χ3n) is 4.66. The van der Waals surface area contributed by atoms with Crippen LogP contribution >= 0.6 is 0 Å². The average Bonchev–Trinajstić information content (AvgIpc) is 3.21. The molecule has 144 valence electrons. The van der Waals surface area contributed by atoms with Crippen molar-refractivity contribution < 1.29 is 14.0 Å². The lowest BCUT2D eigenvalue weighted by Crippen LogP contribution is -2.10. The molecule has 2 aromatic carbocycles. The number of benzene rings is 2. The number of carbonyl (C=O) groups excluding carboxylic acids is 2. The van der Waals surface area contributed by atoms with Gasteiger partial charge in [0.15, 0.2) is 5.76 Å². The molecule has 1 amide bonds. The second-order valence-corrected chi connectivity index (χ2v) is 6.79. The Balaban J connectivity index is 1.42. The summed E-state index contributed by atoms with van der Waals surface area (Å²) in [6.07, 6.45) is 7.12. The van der Waals surface area contributed by atoms with Crippen molar-refractivity contribution in [3.8, 4) is 11.3 Å². The van der Waals surface area contributed by atoms with Crippen molar-refractivity contribution in [3.05, 3.63) is 77.8 Å². The zero-order valence-electron chi connectivity index (χ0n) is 15.8. The molecule has 0 aliphatic carbocycles. The lowest BCUT2D eigenvalue weighted by molar-refractivity contribution is 0.0945. The van der Waals surface area contributed by atoms with Crippen molar-refractivity contribution in [2.75, 3.05) is 0 Å². The number of aryl methyl sites for hydroxylation is 1. The summed E-state index contributed by atoms with van der Waals surface area (Å²) >= 11 is 0. The van der Waals surface area contributed by atoms with Crippen LogP contribution in [0.2, 0.25) is 0 Å². The monoisotopic (exact) mass is 376 g/mol. The zero-order valence-corrected chi connectivity index (χ0v) is 15.8. The van der Waals surface area contributed by atoms with Gasteiger partial charge in [-0.2, -0.15) is 0 Å². The van der Waals surface area contributed by atoms with Crippen molar-refractivity contribution in [1.29, 1.82) is 0 Å². The van der Waals surface area contributed by atoms with Crippen molar-refractivity contribution in [1.82, 2.24) is 4.98 Å². The molecule has 28 heavy (non-hydrogen) atoms. The van der Waals surface area contributed by atoms with Gasteiger partial charge in [-0.25, -0.2) is 4.98 Å². The number of carbonyl (C=O) groups is 2. The number of nitrogens with zero attached hydrogens (tertiary/aromatic N) is 1. The van der Waals surface area contributed by atoms with E-state index in [4.69, 9.17) is 10.2 Å². The molecule has 0 saturated heterocycles. The van der Waals surface area contributed by atoms with Crippen LogP contribution in [0.1, 0.15) is 58.7 Å². The molecule has 1 aromatic heterocycles. The van der Waals surface area contributed by atoms with Gasteiger partial charge < -0.3 is 10.2 Å². The van der Waals surface area contributed by atoms with E-state index >= 15 is 0 Å². The maximum Gasteiger partial charge on any atom is 0.263 e. The molecule has 0 bridgehead atoms.